The van der Waals surface area contributed by atoms with Crippen molar-refractivity contribution in [1.29, 1.82) is 0 Å². The third-order valence-corrected chi connectivity index (χ3v) is 6.79. The number of hydroxylamine groups is 2. The molecule has 0 spiro atoms. The lowest BCUT2D eigenvalue weighted by Gasteiger charge is -2.49. The number of ether oxygens (including phenoxy) is 1. The molecule has 10 nitrogen and oxygen atoms in total. The molecule has 1 fully saturated rings. The number of hydrogen-bond acceptors (Lipinski definition) is 10. The number of rotatable bonds is 10. The lowest BCUT2D eigenvalue weighted by atomic mass is 9.74. The van der Waals surface area contributed by atoms with Gasteiger partial charge in [-0.3, -0.25) is 14.8 Å². The van der Waals surface area contributed by atoms with Crippen molar-refractivity contribution in [1.82, 2.24) is 10.0 Å². The number of thiazole rings is 1. The van der Waals surface area contributed by atoms with Crippen LogP contribution >= 0.6 is 24.8 Å². The minimum absolute atomic E-state index is 0. The summed E-state index contributed by atoms with van der Waals surface area (Å²) >= 11 is 1.10. The highest BCUT2D eigenvalue weighted by Gasteiger charge is 2.54. The Bertz CT molecular complexity index is 1270. The van der Waals surface area contributed by atoms with Crippen LogP contribution in [0.1, 0.15) is 50.6 Å². The fraction of sp³-hybridized carbons (Fsp3) is 0.296. The van der Waals surface area contributed by atoms with Crippen LogP contribution in [-0.4, -0.2) is 50.8 Å². The normalized spacial score (nSPS) is 16.0. The molecule has 4 rings (SSSR count). The zero-order valence-corrected chi connectivity index (χ0v) is 22.6. The van der Waals surface area contributed by atoms with Gasteiger partial charge in [-0.2, -0.15) is 13.5 Å². The van der Waals surface area contributed by atoms with Crippen LogP contribution in [-0.2, 0) is 24.0 Å². The molecule has 208 valence electrons. The number of nitrogen functional groups attached to an aromatic ring is 1. The Labute approximate surface area is 237 Å². The van der Waals surface area contributed by atoms with Gasteiger partial charge in [-0.1, -0.05) is 73.2 Å². The Morgan fingerprint density at radius 2 is 1.69 bits per heavy atom. The van der Waals surface area contributed by atoms with Crippen LogP contribution in [0.15, 0.2) is 71.2 Å². The molecule has 3 aromatic rings. The number of ketones is 1. The Morgan fingerprint density at radius 1 is 1.13 bits per heavy atom. The third kappa shape index (κ3) is 7.02. The summed E-state index contributed by atoms with van der Waals surface area (Å²) in [5.41, 5.74) is 6.36. The summed E-state index contributed by atoms with van der Waals surface area (Å²) in [6.07, 6.45) is -0.882. The zero-order valence-electron chi connectivity index (χ0n) is 20.7. The molecule has 1 saturated heterocycles. The van der Waals surface area contributed by atoms with Crippen molar-refractivity contribution < 1.29 is 29.2 Å². The Kier molecular flexibility index (Phi) is 10.8. The summed E-state index contributed by atoms with van der Waals surface area (Å²) in [7, 11) is 0. The number of esters is 1. The van der Waals surface area contributed by atoms with Gasteiger partial charge in [0.05, 0.1) is 11.5 Å². The topological polar surface area (TPSA) is 144 Å². The summed E-state index contributed by atoms with van der Waals surface area (Å²) in [5.74, 6) is -2.54. The number of hydrogen-bond donors (Lipinski definition) is 2. The summed E-state index contributed by atoms with van der Waals surface area (Å²) < 4.78 is 5.69. The van der Waals surface area contributed by atoms with Crippen molar-refractivity contribution in [2.24, 2.45) is 11.1 Å². The van der Waals surface area contributed by atoms with Gasteiger partial charge in [0.1, 0.15) is 5.69 Å². The minimum Gasteiger partial charge on any atom is -0.450 e. The molecule has 1 aliphatic rings. The summed E-state index contributed by atoms with van der Waals surface area (Å²) in [6.45, 7) is 2.73. The van der Waals surface area contributed by atoms with Gasteiger partial charge in [-0.15, -0.1) is 11.3 Å². The van der Waals surface area contributed by atoms with E-state index in [1.54, 1.807) is 13.8 Å². The first-order chi connectivity index (χ1) is 17.7. The lowest BCUT2D eigenvalue weighted by Crippen LogP contribution is -2.66. The molecule has 39 heavy (non-hydrogen) atoms. The number of carbonyl (C=O) groups excluding carboxylic acids is 3. The van der Waals surface area contributed by atoms with E-state index in [2.05, 4.69) is 10.1 Å². The minimum atomic E-state index is -0.909. The predicted octanol–water partition coefficient (Wildman–Crippen LogP) is 4.11. The van der Waals surface area contributed by atoms with E-state index in [-0.39, 0.29) is 43.9 Å². The molecule has 12 heteroatoms. The number of β-lactam (4-membered cyclic amide) rings is 1. The first kappa shape index (κ1) is 31.5. The molecule has 1 aliphatic heterocycles. The number of anilines is 1. The smallest absolute Gasteiger partial charge is 0.347 e. The quantitative estimate of drug-likeness (QED) is 0.121. The number of benzene rings is 2. The maximum absolute atomic E-state index is 13.1. The van der Waals surface area contributed by atoms with E-state index in [0.29, 0.717) is 5.06 Å². The maximum atomic E-state index is 13.1. The second-order valence-corrected chi connectivity index (χ2v) is 9.85. The van der Waals surface area contributed by atoms with Crippen LogP contribution in [0.2, 0.25) is 0 Å². The van der Waals surface area contributed by atoms with Crippen molar-refractivity contribution >= 4 is 53.3 Å². The highest BCUT2D eigenvalue weighted by atomic mass is 32.1. The van der Waals surface area contributed by atoms with E-state index in [1.807, 2.05) is 60.7 Å². The van der Waals surface area contributed by atoms with Crippen LogP contribution in [0.25, 0.3) is 0 Å². The monoisotopic (exact) mass is 572 g/mol. The van der Waals surface area contributed by atoms with Crippen LogP contribution in [0.4, 0.5) is 5.13 Å². The standard InChI is InChI=1S/C26H26N4O6S.CH4.H2S/c1-26(2)18(24(33)30(26)34)13-20(31)22(19-15-37-25(27)28-19)29-35-14-21(32)36-23(16-9-5-3-6-10-16)17-11-7-4-8-12-17;;/h3-12,15,18,23,34H,13-14H2,1-2H3,(H2,27,28);1H4;1H2/b29-22-;;/t18-;;/m1../s1. The number of nitrogens with zero attached hydrogens (tertiary/aromatic N) is 3. The molecular formula is C27H32N4O6S2. The number of aromatic nitrogens is 1. The van der Waals surface area contributed by atoms with Gasteiger partial charge in [0, 0.05) is 11.8 Å². The maximum Gasteiger partial charge on any atom is 0.347 e. The van der Waals surface area contributed by atoms with Gasteiger partial charge in [0.25, 0.3) is 5.91 Å². The molecule has 1 aromatic heterocycles. The van der Waals surface area contributed by atoms with Gasteiger partial charge < -0.3 is 15.3 Å². The summed E-state index contributed by atoms with van der Waals surface area (Å²) in [5, 5.41) is 16.0. The van der Waals surface area contributed by atoms with Crippen LogP contribution < -0.4 is 5.73 Å². The average molecular weight is 573 g/mol. The fourth-order valence-corrected chi connectivity index (χ4v) is 4.52. The predicted molar refractivity (Wildman–Crippen MR) is 153 cm³/mol. The van der Waals surface area contributed by atoms with Crippen LogP contribution in [0.3, 0.4) is 0 Å². The first-order valence-electron chi connectivity index (χ1n) is 11.5. The van der Waals surface area contributed by atoms with Gasteiger partial charge in [-0.05, 0) is 25.0 Å². The van der Waals surface area contributed by atoms with E-state index in [9.17, 15) is 19.6 Å². The molecule has 1 amide bonds. The molecular weight excluding hydrogens is 540 g/mol. The highest BCUT2D eigenvalue weighted by Crippen LogP contribution is 2.38. The molecule has 2 aromatic carbocycles. The van der Waals surface area contributed by atoms with Crippen LogP contribution in [0.5, 0.6) is 0 Å². The van der Waals surface area contributed by atoms with E-state index in [4.69, 9.17) is 15.3 Å². The summed E-state index contributed by atoms with van der Waals surface area (Å²) in [6, 6.07) is 18.5. The number of nitrogens with two attached hydrogens (primary N) is 1. The SMILES string of the molecule is C.CC1(C)[C@H](CC(=O)/C(=N\OCC(=O)OC(c2ccccc2)c2ccccc2)c2csc(N)n2)C(=O)N1O.S. The summed E-state index contributed by atoms with van der Waals surface area (Å²) in [4.78, 5) is 47.1. The molecule has 0 saturated carbocycles. The highest BCUT2D eigenvalue weighted by molar-refractivity contribution is 7.59. The van der Waals surface area contributed by atoms with Crippen molar-refractivity contribution in [2.75, 3.05) is 12.3 Å². The second kappa shape index (κ2) is 13.4. The van der Waals surface area contributed by atoms with Crippen molar-refractivity contribution in [3.63, 3.8) is 0 Å². The van der Waals surface area contributed by atoms with E-state index < -0.39 is 41.8 Å². The van der Waals surface area contributed by atoms with Crippen LogP contribution in [0, 0.1) is 5.92 Å². The van der Waals surface area contributed by atoms with E-state index >= 15 is 0 Å². The fourth-order valence-electron chi connectivity index (χ4n) is 3.97. The van der Waals surface area contributed by atoms with Crippen molar-refractivity contribution in [2.45, 2.75) is 39.3 Å². The van der Waals surface area contributed by atoms with Gasteiger partial charge in [0.2, 0.25) is 6.61 Å². The molecule has 1 atom stereocenters. The van der Waals surface area contributed by atoms with E-state index in [0.717, 1.165) is 22.5 Å². The molecule has 2 heterocycles. The van der Waals surface area contributed by atoms with Crippen molar-refractivity contribution in [3.05, 3.63) is 82.9 Å². The van der Waals surface area contributed by atoms with Gasteiger partial charge in [-0.25, -0.2) is 14.8 Å². The molecule has 0 radical (unpaired) electrons. The number of carbonyl (C=O) groups is 3. The Hall–Kier alpha value is -3.74. The van der Waals surface area contributed by atoms with Gasteiger partial charge in [0.15, 0.2) is 22.7 Å². The van der Waals surface area contributed by atoms with Gasteiger partial charge >= 0.3 is 5.97 Å². The largest absolute Gasteiger partial charge is 0.450 e. The second-order valence-electron chi connectivity index (χ2n) is 8.96. The van der Waals surface area contributed by atoms with E-state index in [1.165, 1.54) is 5.38 Å². The first-order valence-corrected chi connectivity index (χ1v) is 12.3. The molecule has 3 N–H and O–H groups in total. The molecule has 0 bridgehead atoms. The third-order valence-electron chi connectivity index (χ3n) is 6.12. The number of oxime groups is 1. The molecule has 0 unspecified atom stereocenters. The zero-order chi connectivity index (χ0) is 26.6. The van der Waals surface area contributed by atoms with Crippen molar-refractivity contribution in [3.8, 4) is 0 Å². The Balaban J connectivity index is 0.00000267. The lowest BCUT2D eigenvalue weighted by molar-refractivity contribution is -0.242. The average Bonchev–Trinajstić information content (AvgIpc) is 3.34. The number of amides is 1. The number of Topliss-reactive ketones (excluding diaryl/α,β-unsaturated/α-hetero) is 1. The Morgan fingerprint density at radius 3 is 2.18 bits per heavy atom. The molecule has 0 aliphatic carbocycles.